The monoisotopic (exact) mass is 356 g/mol. The lowest BCUT2D eigenvalue weighted by atomic mass is 9.68. The van der Waals surface area contributed by atoms with Crippen molar-refractivity contribution in [2.75, 3.05) is 0 Å². The van der Waals surface area contributed by atoms with Gasteiger partial charge in [0.15, 0.2) is 0 Å². The Hall–Kier alpha value is -0.410. The maximum atomic E-state index is 13.2. The largest absolute Gasteiger partial charge is 0.392 e. The summed E-state index contributed by atoms with van der Waals surface area (Å²) in [6, 6.07) is 5.01. The Balaban J connectivity index is 1.90. The quantitative estimate of drug-likeness (QED) is 0.774. The van der Waals surface area contributed by atoms with Crippen molar-refractivity contribution >= 4 is 15.9 Å². The van der Waals surface area contributed by atoms with Crippen LogP contribution in [0.25, 0.3) is 0 Å². The molecule has 2 rings (SSSR count). The predicted octanol–water partition coefficient (Wildman–Crippen LogP) is 5.34. The minimum Gasteiger partial charge on any atom is -0.392 e. The Morgan fingerprint density at radius 2 is 1.86 bits per heavy atom. The number of aliphatic hydroxyl groups is 1. The molecule has 1 unspecified atom stereocenters. The van der Waals surface area contributed by atoms with E-state index in [1.54, 1.807) is 12.1 Å². The van der Waals surface area contributed by atoms with Gasteiger partial charge in [0.1, 0.15) is 5.82 Å². The van der Waals surface area contributed by atoms with Gasteiger partial charge < -0.3 is 5.11 Å². The van der Waals surface area contributed by atoms with E-state index in [4.69, 9.17) is 0 Å². The molecule has 0 amide bonds. The van der Waals surface area contributed by atoms with Gasteiger partial charge >= 0.3 is 0 Å². The van der Waals surface area contributed by atoms with E-state index in [0.717, 1.165) is 24.3 Å². The van der Waals surface area contributed by atoms with E-state index in [1.807, 2.05) is 0 Å². The molecule has 1 N–H and O–H groups in total. The number of hydrogen-bond acceptors (Lipinski definition) is 1. The SMILES string of the molecule is CC(C)(C)C1CCC(C(O)Cc2ccc(F)c(Br)c2)CC1. The second-order valence-electron chi connectivity index (χ2n) is 7.50. The molecule has 1 nitrogen and oxygen atoms in total. The van der Waals surface area contributed by atoms with E-state index in [2.05, 4.69) is 36.7 Å². The highest BCUT2D eigenvalue weighted by Crippen LogP contribution is 2.41. The Bertz CT molecular complexity index is 473. The first kappa shape index (κ1) is 17.0. The zero-order chi connectivity index (χ0) is 15.6. The zero-order valence-electron chi connectivity index (χ0n) is 13.2. The van der Waals surface area contributed by atoms with Crippen molar-refractivity contribution in [1.82, 2.24) is 0 Å². The van der Waals surface area contributed by atoms with E-state index in [0.29, 0.717) is 22.2 Å². The molecule has 1 aliphatic carbocycles. The molecule has 1 aromatic carbocycles. The summed E-state index contributed by atoms with van der Waals surface area (Å²) in [5.41, 5.74) is 1.37. The summed E-state index contributed by atoms with van der Waals surface area (Å²) in [5.74, 6) is 0.896. The van der Waals surface area contributed by atoms with Crippen molar-refractivity contribution in [3.63, 3.8) is 0 Å². The van der Waals surface area contributed by atoms with Gasteiger partial charge in [-0.05, 0) is 83.0 Å². The van der Waals surface area contributed by atoms with E-state index in [9.17, 15) is 9.50 Å². The molecule has 0 aliphatic heterocycles. The average molecular weight is 357 g/mol. The second kappa shape index (κ2) is 6.78. The highest BCUT2D eigenvalue weighted by Gasteiger charge is 2.32. The first-order valence-corrected chi connectivity index (χ1v) is 8.68. The third-order valence-electron chi connectivity index (χ3n) is 4.97. The number of halogens is 2. The molecule has 0 saturated heterocycles. The number of aliphatic hydroxyl groups excluding tert-OH is 1. The lowest BCUT2D eigenvalue weighted by molar-refractivity contribution is 0.0537. The molecule has 118 valence electrons. The number of hydrogen-bond donors (Lipinski definition) is 1. The number of benzene rings is 1. The van der Waals surface area contributed by atoms with E-state index in [-0.39, 0.29) is 11.9 Å². The molecule has 1 aromatic rings. The molecule has 1 fully saturated rings. The fourth-order valence-electron chi connectivity index (χ4n) is 3.44. The van der Waals surface area contributed by atoms with Gasteiger partial charge in [0.2, 0.25) is 0 Å². The maximum Gasteiger partial charge on any atom is 0.137 e. The summed E-state index contributed by atoms with van der Waals surface area (Å²) in [7, 11) is 0. The van der Waals surface area contributed by atoms with Crippen LogP contribution < -0.4 is 0 Å². The molecular formula is C18H26BrFO. The van der Waals surface area contributed by atoms with Gasteiger partial charge in [-0.3, -0.25) is 0 Å². The smallest absolute Gasteiger partial charge is 0.137 e. The van der Waals surface area contributed by atoms with Crippen LogP contribution in [0.4, 0.5) is 4.39 Å². The molecular weight excluding hydrogens is 331 g/mol. The highest BCUT2D eigenvalue weighted by molar-refractivity contribution is 9.10. The van der Waals surface area contributed by atoms with Crippen molar-refractivity contribution in [2.24, 2.45) is 17.3 Å². The van der Waals surface area contributed by atoms with Crippen LogP contribution in [0.1, 0.15) is 52.0 Å². The van der Waals surface area contributed by atoms with Crippen LogP contribution in [0.5, 0.6) is 0 Å². The fourth-order valence-corrected chi connectivity index (χ4v) is 3.87. The number of rotatable bonds is 3. The molecule has 0 bridgehead atoms. The predicted molar refractivity (Wildman–Crippen MR) is 88.7 cm³/mol. The summed E-state index contributed by atoms with van der Waals surface area (Å²) < 4.78 is 13.7. The first-order chi connectivity index (χ1) is 9.77. The Morgan fingerprint density at radius 1 is 1.24 bits per heavy atom. The van der Waals surface area contributed by atoms with E-state index in [1.165, 1.54) is 18.9 Å². The van der Waals surface area contributed by atoms with Gasteiger partial charge in [0.25, 0.3) is 0 Å². The van der Waals surface area contributed by atoms with Gasteiger partial charge in [-0.1, -0.05) is 26.8 Å². The van der Waals surface area contributed by atoms with Gasteiger partial charge in [-0.2, -0.15) is 0 Å². The molecule has 1 atom stereocenters. The first-order valence-electron chi connectivity index (χ1n) is 7.89. The maximum absolute atomic E-state index is 13.2. The van der Waals surface area contributed by atoms with Crippen LogP contribution in [0, 0.1) is 23.1 Å². The molecule has 0 heterocycles. The van der Waals surface area contributed by atoms with Crippen molar-refractivity contribution < 1.29 is 9.50 Å². The van der Waals surface area contributed by atoms with Crippen molar-refractivity contribution in [3.05, 3.63) is 34.1 Å². The normalized spacial score (nSPS) is 24.9. The summed E-state index contributed by atoms with van der Waals surface area (Å²) in [5, 5.41) is 10.5. The van der Waals surface area contributed by atoms with Crippen molar-refractivity contribution in [1.29, 1.82) is 0 Å². The van der Waals surface area contributed by atoms with Crippen molar-refractivity contribution in [3.8, 4) is 0 Å². The standard InChI is InChI=1S/C18H26BrFO/c1-18(2,3)14-7-5-13(6-8-14)17(21)11-12-4-9-16(20)15(19)10-12/h4,9-10,13-14,17,21H,5-8,11H2,1-3H3. The van der Waals surface area contributed by atoms with Crippen LogP contribution in [0.15, 0.2) is 22.7 Å². The molecule has 1 saturated carbocycles. The third kappa shape index (κ3) is 4.53. The minimum absolute atomic E-state index is 0.251. The summed E-state index contributed by atoms with van der Waals surface area (Å²) in [4.78, 5) is 0. The summed E-state index contributed by atoms with van der Waals surface area (Å²) >= 11 is 3.21. The van der Waals surface area contributed by atoms with Gasteiger partial charge in [-0.25, -0.2) is 4.39 Å². The molecule has 0 aromatic heterocycles. The van der Waals surface area contributed by atoms with Crippen LogP contribution >= 0.6 is 15.9 Å². The Labute approximate surface area is 136 Å². The molecule has 21 heavy (non-hydrogen) atoms. The molecule has 0 spiro atoms. The van der Waals surface area contributed by atoms with Gasteiger partial charge in [0.05, 0.1) is 10.6 Å². The van der Waals surface area contributed by atoms with Crippen LogP contribution in [0.3, 0.4) is 0 Å². The summed E-state index contributed by atoms with van der Waals surface area (Å²) in [6.45, 7) is 6.93. The average Bonchev–Trinajstić information content (AvgIpc) is 2.42. The van der Waals surface area contributed by atoms with Crippen LogP contribution in [0.2, 0.25) is 0 Å². The van der Waals surface area contributed by atoms with Crippen LogP contribution in [-0.4, -0.2) is 11.2 Å². The Morgan fingerprint density at radius 3 is 2.38 bits per heavy atom. The molecule has 0 radical (unpaired) electrons. The van der Waals surface area contributed by atoms with Crippen molar-refractivity contribution in [2.45, 2.75) is 59.0 Å². The van der Waals surface area contributed by atoms with E-state index < -0.39 is 0 Å². The minimum atomic E-state index is -0.316. The van der Waals surface area contributed by atoms with E-state index >= 15 is 0 Å². The fraction of sp³-hybridized carbons (Fsp3) is 0.667. The highest BCUT2D eigenvalue weighted by atomic mass is 79.9. The third-order valence-corrected chi connectivity index (χ3v) is 5.58. The lowest BCUT2D eigenvalue weighted by Crippen LogP contribution is -2.31. The summed E-state index contributed by atoms with van der Waals surface area (Å²) in [6.07, 6.45) is 4.92. The molecule has 3 heteroatoms. The van der Waals surface area contributed by atoms with Crippen LogP contribution in [-0.2, 0) is 6.42 Å². The lowest BCUT2D eigenvalue weighted by Gasteiger charge is -2.38. The van der Waals surface area contributed by atoms with Gasteiger partial charge in [0, 0.05) is 0 Å². The zero-order valence-corrected chi connectivity index (χ0v) is 14.8. The molecule has 1 aliphatic rings. The second-order valence-corrected chi connectivity index (χ2v) is 8.35. The Kier molecular flexibility index (Phi) is 5.48. The van der Waals surface area contributed by atoms with Gasteiger partial charge in [-0.15, -0.1) is 0 Å². The topological polar surface area (TPSA) is 20.2 Å².